The summed E-state index contributed by atoms with van der Waals surface area (Å²) in [5.74, 6) is 1.80. The van der Waals surface area contributed by atoms with Gasteiger partial charge in [-0.25, -0.2) is 14.4 Å². The van der Waals surface area contributed by atoms with Crippen LogP contribution >= 0.6 is 0 Å². The van der Waals surface area contributed by atoms with Crippen LogP contribution in [0.3, 0.4) is 0 Å². The first-order valence-electron chi connectivity index (χ1n) is 9.41. The lowest BCUT2D eigenvalue weighted by molar-refractivity contribution is 0.151. The Labute approximate surface area is 159 Å². The molecule has 1 fully saturated rings. The summed E-state index contributed by atoms with van der Waals surface area (Å²) < 4.78 is 20.4. The van der Waals surface area contributed by atoms with Gasteiger partial charge in [-0.3, -0.25) is 0 Å². The van der Waals surface area contributed by atoms with E-state index in [1.54, 1.807) is 6.07 Å². The molecule has 1 aromatic carbocycles. The molecule has 0 amide bonds. The number of hydrogen-bond acceptors (Lipinski definition) is 5. The Kier molecular flexibility index (Phi) is 5.90. The van der Waals surface area contributed by atoms with Crippen LogP contribution in [0, 0.1) is 35.9 Å². The monoisotopic (exact) mass is 368 g/mol. The Balaban J connectivity index is 1.78. The first kappa shape index (κ1) is 19.1. The molecule has 1 saturated carbocycles. The number of rotatable bonds is 4. The molecule has 0 saturated heterocycles. The predicted molar refractivity (Wildman–Crippen MR) is 102 cm³/mol. The van der Waals surface area contributed by atoms with E-state index in [0.717, 1.165) is 18.4 Å². The molecule has 5 nitrogen and oxygen atoms in total. The number of nitrogens with one attached hydrogen (secondary N) is 1. The van der Waals surface area contributed by atoms with Crippen molar-refractivity contribution in [2.24, 2.45) is 11.8 Å². The maximum absolute atomic E-state index is 14.2. The van der Waals surface area contributed by atoms with E-state index in [1.807, 2.05) is 13.0 Å². The van der Waals surface area contributed by atoms with Crippen molar-refractivity contribution in [3.05, 3.63) is 41.5 Å². The fourth-order valence-electron chi connectivity index (χ4n) is 3.55. The van der Waals surface area contributed by atoms with Crippen LogP contribution in [0.25, 0.3) is 0 Å². The number of nitrogens with zero attached hydrogens (tertiary/aromatic N) is 3. The van der Waals surface area contributed by atoms with Gasteiger partial charge in [0.05, 0.1) is 22.9 Å². The van der Waals surface area contributed by atoms with E-state index in [9.17, 15) is 4.39 Å². The summed E-state index contributed by atoms with van der Waals surface area (Å²) in [4.78, 5) is 8.52. The van der Waals surface area contributed by atoms with Gasteiger partial charge in [-0.15, -0.1) is 0 Å². The van der Waals surface area contributed by atoms with Crippen LogP contribution in [0.4, 0.5) is 15.9 Å². The fraction of sp³-hybridized carbons (Fsp3) is 0.476. The molecule has 0 unspecified atom stereocenters. The molecule has 1 aliphatic rings. The zero-order valence-electron chi connectivity index (χ0n) is 16.0. The quantitative estimate of drug-likeness (QED) is 0.757. The van der Waals surface area contributed by atoms with E-state index in [0.29, 0.717) is 23.5 Å². The number of aromatic nitrogens is 2. The van der Waals surface area contributed by atoms with E-state index >= 15 is 0 Å². The lowest BCUT2D eigenvalue weighted by Gasteiger charge is -2.21. The number of nitriles is 1. The molecule has 1 aromatic heterocycles. The topological polar surface area (TPSA) is 70.8 Å². The van der Waals surface area contributed by atoms with Crippen molar-refractivity contribution in [3.63, 3.8) is 0 Å². The second-order valence-electron chi connectivity index (χ2n) is 7.58. The Morgan fingerprint density at radius 1 is 1.19 bits per heavy atom. The van der Waals surface area contributed by atoms with Crippen molar-refractivity contribution < 1.29 is 9.13 Å². The van der Waals surface area contributed by atoms with Gasteiger partial charge in [0.15, 0.2) is 0 Å². The van der Waals surface area contributed by atoms with Gasteiger partial charge in [0.2, 0.25) is 5.88 Å². The van der Waals surface area contributed by atoms with Crippen LogP contribution in [0.2, 0.25) is 0 Å². The number of anilines is 2. The minimum Gasteiger partial charge on any atom is -0.474 e. The highest BCUT2D eigenvalue weighted by Crippen LogP contribution is 2.32. The highest BCUT2D eigenvalue weighted by molar-refractivity contribution is 5.62. The summed E-state index contributed by atoms with van der Waals surface area (Å²) >= 11 is 0. The molecule has 2 atom stereocenters. The minimum absolute atomic E-state index is 0.130. The molecule has 0 bridgehead atoms. The van der Waals surface area contributed by atoms with E-state index in [4.69, 9.17) is 10.00 Å². The largest absolute Gasteiger partial charge is 0.474 e. The van der Waals surface area contributed by atoms with E-state index in [2.05, 4.69) is 29.1 Å². The lowest BCUT2D eigenvalue weighted by Crippen LogP contribution is -2.21. The standard InChI is InChI=1S/C21H25FN4O/c1-13-4-5-14(2)9-17(8-13)27-21-15(3)20(24-12-25-21)26-19-7-6-16(11-23)10-18(19)22/h6-7,10,12-14,17H,4-5,8-9H2,1-3H3,(H,24,25,26)/t13-,14-/m0/s1. The van der Waals surface area contributed by atoms with Gasteiger partial charge in [0.25, 0.3) is 0 Å². The molecule has 3 rings (SSSR count). The van der Waals surface area contributed by atoms with Crippen molar-refractivity contribution in [1.29, 1.82) is 5.26 Å². The van der Waals surface area contributed by atoms with Crippen molar-refractivity contribution in [3.8, 4) is 11.9 Å². The molecule has 0 spiro atoms. The van der Waals surface area contributed by atoms with Gasteiger partial charge >= 0.3 is 0 Å². The fourth-order valence-corrected chi connectivity index (χ4v) is 3.55. The first-order valence-corrected chi connectivity index (χ1v) is 9.41. The van der Waals surface area contributed by atoms with Crippen LogP contribution in [0.5, 0.6) is 5.88 Å². The predicted octanol–water partition coefficient (Wildman–Crippen LogP) is 5.13. The van der Waals surface area contributed by atoms with E-state index in [1.165, 1.54) is 31.3 Å². The SMILES string of the molecule is Cc1c(Nc2ccc(C#N)cc2F)ncnc1OC1C[C@@H](C)CC[C@H](C)C1. The average Bonchev–Trinajstić information content (AvgIpc) is 2.80. The maximum Gasteiger partial charge on any atom is 0.221 e. The molecular formula is C21H25FN4O. The Hall–Kier alpha value is -2.68. The molecule has 6 heteroatoms. The second-order valence-corrected chi connectivity index (χ2v) is 7.58. The summed E-state index contributed by atoms with van der Waals surface area (Å²) in [6.45, 7) is 6.40. The third kappa shape index (κ3) is 4.73. The van der Waals surface area contributed by atoms with Gasteiger partial charge in [0.1, 0.15) is 24.1 Å². The summed E-state index contributed by atoms with van der Waals surface area (Å²) in [6.07, 6.45) is 6.05. The lowest BCUT2D eigenvalue weighted by atomic mass is 10.0. The Bertz CT molecular complexity index is 837. The summed E-state index contributed by atoms with van der Waals surface area (Å²) in [5, 5.41) is 11.8. The van der Waals surface area contributed by atoms with Crippen LogP contribution < -0.4 is 10.1 Å². The Morgan fingerprint density at radius 3 is 2.52 bits per heavy atom. The molecule has 27 heavy (non-hydrogen) atoms. The molecule has 0 aliphatic heterocycles. The first-order chi connectivity index (χ1) is 13.0. The summed E-state index contributed by atoms with van der Waals surface area (Å²) in [7, 11) is 0. The molecule has 0 radical (unpaired) electrons. The second kappa shape index (κ2) is 8.34. The van der Waals surface area contributed by atoms with E-state index < -0.39 is 5.82 Å². The van der Waals surface area contributed by atoms with Gasteiger partial charge in [-0.1, -0.05) is 26.7 Å². The van der Waals surface area contributed by atoms with Crippen molar-refractivity contribution in [2.45, 2.75) is 52.6 Å². The van der Waals surface area contributed by atoms with Crippen molar-refractivity contribution in [2.75, 3.05) is 5.32 Å². The highest BCUT2D eigenvalue weighted by atomic mass is 19.1. The number of halogens is 1. The third-order valence-electron chi connectivity index (χ3n) is 5.15. The van der Waals surface area contributed by atoms with Crippen molar-refractivity contribution in [1.82, 2.24) is 9.97 Å². The van der Waals surface area contributed by atoms with Gasteiger partial charge in [0, 0.05) is 0 Å². The molecule has 1 N–H and O–H groups in total. The normalized spacial score (nSPS) is 20.6. The van der Waals surface area contributed by atoms with Crippen molar-refractivity contribution >= 4 is 11.5 Å². The number of benzene rings is 1. The van der Waals surface area contributed by atoms with Crippen LogP contribution in [-0.4, -0.2) is 16.1 Å². The van der Waals surface area contributed by atoms with Crippen LogP contribution in [0.1, 0.15) is 50.7 Å². The molecular weight excluding hydrogens is 343 g/mol. The van der Waals surface area contributed by atoms with Crippen LogP contribution in [0.15, 0.2) is 24.5 Å². The number of ether oxygens (including phenoxy) is 1. The zero-order chi connectivity index (χ0) is 19.4. The van der Waals surface area contributed by atoms with Gasteiger partial charge in [-0.05, 0) is 49.8 Å². The molecule has 142 valence electrons. The smallest absolute Gasteiger partial charge is 0.221 e. The molecule has 1 heterocycles. The van der Waals surface area contributed by atoms with Gasteiger partial charge < -0.3 is 10.1 Å². The Morgan fingerprint density at radius 2 is 1.89 bits per heavy atom. The average molecular weight is 368 g/mol. The molecule has 2 aromatic rings. The maximum atomic E-state index is 14.2. The minimum atomic E-state index is -0.499. The van der Waals surface area contributed by atoms with Gasteiger partial charge in [-0.2, -0.15) is 5.26 Å². The highest BCUT2D eigenvalue weighted by Gasteiger charge is 2.24. The summed E-state index contributed by atoms with van der Waals surface area (Å²) in [6, 6.07) is 6.22. The zero-order valence-corrected chi connectivity index (χ0v) is 16.0. The van der Waals surface area contributed by atoms with E-state index in [-0.39, 0.29) is 17.4 Å². The number of hydrogen-bond donors (Lipinski definition) is 1. The van der Waals surface area contributed by atoms with Crippen LogP contribution in [-0.2, 0) is 0 Å². The third-order valence-corrected chi connectivity index (χ3v) is 5.15. The summed E-state index contributed by atoms with van der Waals surface area (Å²) in [5.41, 5.74) is 1.28. The molecule has 1 aliphatic carbocycles.